The van der Waals surface area contributed by atoms with E-state index >= 15 is 0 Å². The van der Waals surface area contributed by atoms with Crippen molar-refractivity contribution in [2.24, 2.45) is 0 Å². The molecule has 1 aromatic heterocycles. The fourth-order valence-electron chi connectivity index (χ4n) is 4.12. The van der Waals surface area contributed by atoms with E-state index in [0.717, 1.165) is 24.3 Å². The molecule has 0 aliphatic carbocycles. The van der Waals surface area contributed by atoms with Crippen molar-refractivity contribution in [1.82, 2.24) is 20.1 Å². The van der Waals surface area contributed by atoms with Gasteiger partial charge in [-0.3, -0.25) is 24.2 Å². The number of carbonyl (C=O) groups is 4. The molecule has 0 spiro atoms. The van der Waals surface area contributed by atoms with Crippen LogP contribution in [0.3, 0.4) is 0 Å². The van der Waals surface area contributed by atoms with Crippen LogP contribution in [0.15, 0.2) is 73.1 Å². The highest BCUT2D eigenvalue weighted by molar-refractivity contribution is 6.02. The first kappa shape index (κ1) is 25.4. The van der Waals surface area contributed by atoms with E-state index < -0.39 is 54.0 Å². The third kappa shape index (κ3) is 5.77. The Bertz CT molecular complexity index is 1300. The summed E-state index contributed by atoms with van der Waals surface area (Å²) in [6.07, 6.45) is 0.858. The van der Waals surface area contributed by atoms with E-state index in [2.05, 4.69) is 10.3 Å². The van der Waals surface area contributed by atoms with Crippen LogP contribution in [-0.4, -0.2) is 62.8 Å². The number of aromatic nitrogens is 1. The van der Waals surface area contributed by atoms with Crippen molar-refractivity contribution in [3.8, 4) is 0 Å². The molecule has 1 aliphatic heterocycles. The number of hydrogen-bond acceptors (Lipinski definition) is 5. The second-order valence-corrected chi connectivity index (χ2v) is 8.33. The predicted molar refractivity (Wildman–Crippen MR) is 126 cm³/mol. The van der Waals surface area contributed by atoms with Gasteiger partial charge in [0.15, 0.2) is 6.17 Å². The number of halogens is 2. The summed E-state index contributed by atoms with van der Waals surface area (Å²) in [6, 6.07) is 11.7. The molecule has 11 heteroatoms. The summed E-state index contributed by atoms with van der Waals surface area (Å²) >= 11 is 0. The van der Waals surface area contributed by atoms with Crippen LogP contribution in [0, 0.1) is 11.6 Å². The highest BCUT2D eigenvalue weighted by Gasteiger charge is 2.44. The summed E-state index contributed by atoms with van der Waals surface area (Å²) in [6.45, 7) is 0.0132. The number of amides is 3. The van der Waals surface area contributed by atoms with Crippen LogP contribution in [0.25, 0.3) is 0 Å². The van der Waals surface area contributed by atoms with Crippen molar-refractivity contribution in [2.45, 2.75) is 18.6 Å². The topological polar surface area (TPSA) is 120 Å². The molecule has 0 bridgehead atoms. The molecule has 2 heterocycles. The van der Waals surface area contributed by atoms with Crippen LogP contribution in [0.1, 0.15) is 38.7 Å². The van der Waals surface area contributed by atoms with Crippen molar-refractivity contribution in [3.63, 3.8) is 0 Å². The molecular weight excluding hydrogens is 486 g/mol. The van der Waals surface area contributed by atoms with Gasteiger partial charge in [0.25, 0.3) is 17.7 Å². The molecule has 3 amide bonds. The number of carboxylic acids is 1. The summed E-state index contributed by atoms with van der Waals surface area (Å²) in [4.78, 5) is 57.9. The quantitative estimate of drug-likeness (QED) is 0.506. The van der Waals surface area contributed by atoms with E-state index in [-0.39, 0.29) is 24.2 Å². The first-order chi connectivity index (χ1) is 17.7. The second-order valence-electron chi connectivity index (χ2n) is 8.33. The molecule has 2 N–H and O–H groups in total. The zero-order valence-electron chi connectivity index (χ0n) is 19.4. The zero-order valence-corrected chi connectivity index (χ0v) is 19.4. The lowest BCUT2D eigenvalue weighted by molar-refractivity contribution is -0.138. The van der Waals surface area contributed by atoms with Gasteiger partial charge in [-0.15, -0.1) is 0 Å². The number of carboxylic acid groups (broad SMARTS) is 1. The number of nitrogens with zero attached hydrogens (tertiary/aromatic N) is 3. The molecule has 4 rings (SSSR count). The summed E-state index contributed by atoms with van der Waals surface area (Å²) in [5, 5.41) is 12.0. The minimum absolute atomic E-state index is 0.000440. The van der Waals surface area contributed by atoms with E-state index in [1.165, 1.54) is 52.5 Å². The Balaban J connectivity index is 1.67. The van der Waals surface area contributed by atoms with Crippen LogP contribution in [0.5, 0.6) is 0 Å². The van der Waals surface area contributed by atoms with Gasteiger partial charge >= 0.3 is 5.97 Å². The van der Waals surface area contributed by atoms with E-state index in [4.69, 9.17) is 0 Å². The maximum absolute atomic E-state index is 13.6. The third-order valence-corrected chi connectivity index (χ3v) is 5.90. The molecule has 0 radical (unpaired) electrons. The Morgan fingerprint density at radius 1 is 0.892 bits per heavy atom. The fourth-order valence-corrected chi connectivity index (χ4v) is 4.12. The molecule has 1 fully saturated rings. The van der Waals surface area contributed by atoms with Gasteiger partial charge in [-0.2, -0.15) is 0 Å². The molecule has 9 nitrogen and oxygen atoms in total. The van der Waals surface area contributed by atoms with Gasteiger partial charge in [0, 0.05) is 31.0 Å². The molecule has 1 saturated heterocycles. The SMILES string of the molecule is O=C(O)CC(NC(=O)C1N(C(=O)c2ccc(F)cc2)CCN1C(=O)c1cccnc1)c1ccc(F)cc1. The van der Waals surface area contributed by atoms with Crippen molar-refractivity contribution in [2.75, 3.05) is 13.1 Å². The van der Waals surface area contributed by atoms with Gasteiger partial charge in [0.05, 0.1) is 18.0 Å². The lowest BCUT2D eigenvalue weighted by atomic mass is 10.0. The first-order valence-electron chi connectivity index (χ1n) is 11.3. The summed E-state index contributed by atoms with van der Waals surface area (Å²) in [5.74, 6) is -4.28. The average Bonchev–Trinajstić information content (AvgIpc) is 3.34. The van der Waals surface area contributed by atoms with Crippen molar-refractivity contribution in [3.05, 3.63) is 101 Å². The molecule has 190 valence electrons. The Hall–Kier alpha value is -4.67. The highest BCUT2D eigenvalue weighted by Crippen LogP contribution is 2.24. The van der Waals surface area contributed by atoms with Crippen molar-refractivity contribution < 1.29 is 33.1 Å². The highest BCUT2D eigenvalue weighted by atomic mass is 19.1. The van der Waals surface area contributed by atoms with E-state index in [1.54, 1.807) is 6.07 Å². The largest absolute Gasteiger partial charge is 0.481 e. The summed E-state index contributed by atoms with van der Waals surface area (Å²) in [5.41, 5.74) is 0.629. The fraction of sp³-hybridized carbons (Fsp3) is 0.192. The van der Waals surface area contributed by atoms with Gasteiger partial charge in [0.1, 0.15) is 11.6 Å². The van der Waals surface area contributed by atoms with Crippen molar-refractivity contribution in [1.29, 1.82) is 0 Å². The van der Waals surface area contributed by atoms with E-state index in [1.807, 2.05) is 0 Å². The molecule has 2 unspecified atom stereocenters. The monoisotopic (exact) mass is 508 g/mol. The summed E-state index contributed by atoms with van der Waals surface area (Å²) < 4.78 is 26.8. The van der Waals surface area contributed by atoms with Crippen LogP contribution in [0.4, 0.5) is 8.78 Å². The molecule has 0 saturated carbocycles. The summed E-state index contributed by atoms with van der Waals surface area (Å²) in [7, 11) is 0. The van der Waals surface area contributed by atoms with Gasteiger partial charge in [-0.05, 0) is 54.1 Å². The normalized spacial score (nSPS) is 15.8. The smallest absolute Gasteiger partial charge is 0.305 e. The first-order valence-corrected chi connectivity index (χ1v) is 11.3. The maximum Gasteiger partial charge on any atom is 0.305 e. The van der Waals surface area contributed by atoms with Gasteiger partial charge < -0.3 is 20.2 Å². The Labute approximate surface area is 210 Å². The predicted octanol–water partition coefficient (Wildman–Crippen LogP) is 2.62. The van der Waals surface area contributed by atoms with Crippen LogP contribution < -0.4 is 5.32 Å². The molecule has 2 aromatic carbocycles. The minimum atomic E-state index is -1.43. The number of pyridine rings is 1. The average molecular weight is 508 g/mol. The van der Waals surface area contributed by atoms with Crippen LogP contribution in [0.2, 0.25) is 0 Å². The standard InChI is InChI=1S/C26H22F2N4O5/c27-19-7-3-16(4-8-19)21(14-22(33)34)30-23(35)24-31(25(36)17-5-9-20(28)10-6-17)12-13-32(24)26(37)18-2-1-11-29-15-18/h1-11,15,21,24H,12-14H2,(H,30,35)(H,33,34). The van der Waals surface area contributed by atoms with Gasteiger partial charge in [0.2, 0.25) is 0 Å². The lowest BCUT2D eigenvalue weighted by Gasteiger charge is -2.31. The molecule has 1 aliphatic rings. The van der Waals surface area contributed by atoms with E-state index in [9.17, 15) is 33.1 Å². The number of carbonyl (C=O) groups excluding carboxylic acids is 3. The number of benzene rings is 2. The van der Waals surface area contributed by atoms with Gasteiger partial charge in [-0.25, -0.2) is 8.78 Å². The molecule has 2 atom stereocenters. The second kappa shape index (κ2) is 10.9. The molecule has 37 heavy (non-hydrogen) atoms. The van der Waals surface area contributed by atoms with Crippen LogP contribution >= 0.6 is 0 Å². The molecular formula is C26H22F2N4O5. The lowest BCUT2D eigenvalue weighted by Crippen LogP contribution is -2.54. The van der Waals surface area contributed by atoms with Crippen molar-refractivity contribution >= 4 is 23.7 Å². The number of hydrogen-bond donors (Lipinski definition) is 2. The Kier molecular flexibility index (Phi) is 7.52. The van der Waals surface area contributed by atoms with E-state index in [0.29, 0.717) is 5.56 Å². The maximum atomic E-state index is 13.6. The Morgan fingerprint density at radius 3 is 2.00 bits per heavy atom. The Morgan fingerprint density at radius 2 is 1.46 bits per heavy atom. The number of nitrogens with one attached hydrogen (secondary N) is 1. The number of aliphatic carboxylic acids is 1. The minimum Gasteiger partial charge on any atom is -0.481 e. The number of rotatable bonds is 7. The zero-order chi connectivity index (χ0) is 26.5. The van der Waals surface area contributed by atoms with Crippen LogP contribution in [-0.2, 0) is 9.59 Å². The molecule has 3 aromatic rings. The van der Waals surface area contributed by atoms with Gasteiger partial charge in [-0.1, -0.05) is 12.1 Å². The third-order valence-electron chi connectivity index (χ3n) is 5.90.